The van der Waals surface area contributed by atoms with E-state index in [0.717, 1.165) is 37.0 Å². The summed E-state index contributed by atoms with van der Waals surface area (Å²) in [6, 6.07) is 0. The summed E-state index contributed by atoms with van der Waals surface area (Å²) in [6.07, 6.45) is 7.61. The molecule has 0 saturated heterocycles. The average molecular weight is 300 g/mol. The van der Waals surface area contributed by atoms with Crippen LogP contribution in [0.1, 0.15) is 58.8 Å². The van der Waals surface area contributed by atoms with Gasteiger partial charge in [0.25, 0.3) is 0 Å². The first-order valence-corrected chi connectivity index (χ1v) is 9.31. The zero-order valence-electron chi connectivity index (χ0n) is 12.3. The summed E-state index contributed by atoms with van der Waals surface area (Å²) in [6.45, 7) is 2.80. The highest BCUT2D eigenvalue weighted by molar-refractivity contribution is 7.54. The largest absolute Gasteiger partial charge is 0.338 e. The van der Waals surface area contributed by atoms with E-state index < -0.39 is 12.8 Å². The van der Waals surface area contributed by atoms with E-state index in [2.05, 4.69) is 0 Å². The molecule has 4 bridgehead atoms. The molecule has 4 rings (SSSR count). The number of Topliss-reactive ketones (excluding diaryl/α,β-unsaturated/α-hetero) is 1. The Labute approximate surface area is 120 Å². The summed E-state index contributed by atoms with van der Waals surface area (Å²) in [5.41, 5.74) is 0.0538. The molecule has 0 aliphatic heterocycles. The lowest BCUT2D eigenvalue weighted by Gasteiger charge is -2.57. The number of carbonyl (C=O) groups excluding carboxylic acids is 1. The van der Waals surface area contributed by atoms with Gasteiger partial charge in [-0.3, -0.25) is 9.36 Å². The van der Waals surface area contributed by atoms with Crippen LogP contribution in [0.15, 0.2) is 0 Å². The molecule has 0 atom stereocenters. The third-order valence-corrected chi connectivity index (χ3v) is 7.82. The molecule has 0 heterocycles. The van der Waals surface area contributed by atoms with Crippen LogP contribution < -0.4 is 0 Å². The molecule has 0 aromatic carbocycles. The van der Waals surface area contributed by atoms with E-state index in [0.29, 0.717) is 6.42 Å². The van der Waals surface area contributed by atoms with Gasteiger partial charge in [0.15, 0.2) is 5.78 Å². The first kappa shape index (κ1) is 14.7. The Hall–Kier alpha value is -0.180. The molecule has 4 fully saturated rings. The van der Waals surface area contributed by atoms with Crippen molar-refractivity contribution in [1.82, 2.24) is 0 Å². The Kier molecular flexibility index (Phi) is 3.25. The van der Waals surface area contributed by atoms with Crippen molar-refractivity contribution in [1.29, 1.82) is 0 Å². The highest BCUT2D eigenvalue weighted by Crippen LogP contribution is 2.62. The third-order valence-electron chi connectivity index (χ3n) is 6.11. The SMILES string of the molecule is CC(C)(C(=O)CC12CC3CC(CC(C3)C1)C2)P(=O)(O)O. The van der Waals surface area contributed by atoms with Crippen LogP contribution in [-0.4, -0.2) is 20.7 Å². The van der Waals surface area contributed by atoms with Crippen LogP contribution in [0, 0.1) is 23.2 Å². The monoisotopic (exact) mass is 300 g/mol. The average Bonchev–Trinajstić information content (AvgIpc) is 2.24. The van der Waals surface area contributed by atoms with Gasteiger partial charge < -0.3 is 9.79 Å². The van der Waals surface area contributed by atoms with E-state index in [9.17, 15) is 19.1 Å². The van der Waals surface area contributed by atoms with Crippen molar-refractivity contribution in [3.63, 3.8) is 0 Å². The normalized spacial score (nSPS) is 40.1. The Morgan fingerprint density at radius 2 is 1.50 bits per heavy atom. The Morgan fingerprint density at radius 3 is 1.85 bits per heavy atom. The second-order valence-corrected chi connectivity index (χ2v) is 10.3. The first-order chi connectivity index (χ1) is 9.11. The molecule has 4 nitrogen and oxygen atoms in total. The van der Waals surface area contributed by atoms with Gasteiger partial charge in [0, 0.05) is 6.42 Å². The molecule has 0 amide bonds. The molecule has 20 heavy (non-hydrogen) atoms. The maximum Gasteiger partial charge on any atom is 0.338 e. The smallest absolute Gasteiger partial charge is 0.324 e. The van der Waals surface area contributed by atoms with Gasteiger partial charge in [-0.1, -0.05) is 0 Å². The van der Waals surface area contributed by atoms with Gasteiger partial charge in [-0.05, 0) is 75.5 Å². The summed E-state index contributed by atoms with van der Waals surface area (Å²) < 4.78 is 11.6. The predicted octanol–water partition coefficient (Wildman–Crippen LogP) is 3.12. The van der Waals surface area contributed by atoms with E-state index in [1.54, 1.807) is 0 Å². The van der Waals surface area contributed by atoms with E-state index in [4.69, 9.17) is 0 Å². The van der Waals surface area contributed by atoms with Gasteiger partial charge in [-0.15, -0.1) is 0 Å². The Bertz CT molecular complexity index is 441. The maximum absolute atomic E-state index is 12.5. The fraction of sp³-hybridized carbons (Fsp3) is 0.933. The zero-order valence-corrected chi connectivity index (χ0v) is 13.2. The van der Waals surface area contributed by atoms with Crippen molar-refractivity contribution in [3.05, 3.63) is 0 Å². The molecule has 5 heteroatoms. The van der Waals surface area contributed by atoms with Gasteiger partial charge in [-0.25, -0.2) is 0 Å². The quantitative estimate of drug-likeness (QED) is 0.782. The van der Waals surface area contributed by atoms with Crippen molar-refractivity contribution in [2.24, 2.45) is 23.2 Å². The number of carbonyl (C=O) groups is 1. The standard InChI is InChI=1S/C15H25O4P/c1-14(2,20(17,18)19)13(16)9-15-6-10-3-11(7-15)5-12(4-10)8-15/h10-12H,3-9H2,1-2H3,(H2,17,18,19). The summed E-state index contributed by atoms with van der Waals surface area (Å²) in [5.74, 6) is 2.03. The molecule has 0 unspecified atom stereocenters. The van der Waals surface area contributed by atoms with Gasteiger partial charge >= 0.3 is 7.60 Å². The van der Waals surface area contributed by atoms with Crippen molar-refractivity contribution < 1.29 is 19.1 Å². The minimum Gasteiger partial charge on any atom is -0.324 e. The van der Waals surface area contributed by atoms with Gasteiger partial charge in [0.1, 0.15) is 5.16 Å². The second-order valence-electron chi connectivity index (χ2n) is 8.12. The molecule has 0 aromatic rings. The summed E-state index contributed by atoms with van der Waals surface area (Å²) in [7, 11) is -4.38. The number of ketones is 1. The maximum atomic E-state index is 12.5. The third kappa shape index (κ3) is 2.30. The Morgan fingerprint density at radius 1 is 1.10 bits per heavy atom. The molecule has 4 aliphatic rings. The van der Waals surface area contributed by atoms with Crippen LogP contribution in [0.3, 0.4) is 0 Å². The zero-order chi connectivity index (χ0) is 14.8. The van der Waals surface area contributed by atoms with Crippen molar-refractivity contribution >= 4 is 13.4 Å². The minimum absolute atomic E-state index is 0.0538. The second kappa shape index (κ2) is 4.41. The lowest BCUT2D eigenvalue weighted by Crippen LogP contribution is -2.48. The highest BCUT2D eigenvalue weighted by Gasteiger charge is 2.54. The van der Waals surface area contributed by atoms with Crippen LogP contribution in [0.5, 0.6) is 0 Å². The molecule has 2 N–H and O–H groups in total. The summed E-state index contributed by atoms with van der Waals surface area (Å²) in [5, 5.41) is -1.53. The van der Waals surface area contributed by atoms with Crippen LogP contribution in [0.2, 0.25) is 0 Å². The van der Waals surface area contributed by atoms with Crippen molar-refractivity contribution in [2.75, 3.05) is 0 Å². The molecule has 4 aliphatic carbocycles. The van der Waals surface area contributed by atoms with E-state index >= 15 is 0 Å². The van der Waals surface area contributed by atoms with E-state index in [1.807, 2.05) is 0 Å². The molecule has 0 spiro atoms. The minimum atomic E-state index is -4.38. The predicted molar refractivity (Wildman–Crippen MR) is 76.4 cm³/mol. The van der Waals surface area contributed by atoms with E-state index in [1.165, 1.54) is 33.1 Å². The van der Waals surface area contributed by atoms with Crippen molar-refractivity contribution in [2.45, 2.75) is 63.9 Å². The molecule has 0 radical (unpaired) electrons. The fourth-order valence-electron chi connectivity index (χ4n) is 5.23. The van der Waals surface area contributed by atoms with E-state index in [-0.39, 0.29) is 11.2 Å². The van der Waals surface area contributed by atoms with Crippen molar-refractivity contribution in [3.8, 4) is 0 Å². The van der Waals surface area contributed by atoms with Crippen LogP contribution >= 0.6 is 7.60 Å². The van der Waals surface area contributed by atoms with Crippen LogP contribution in [0.25, 0.3) is 0 Å². The molecule has 114 valence electrons. The van der Waals surface area contributed by atoms with Crippen LogP contribution in [0.4, 0.5) is 0 Å². The number of hydrogen-bond donors (Lipinski definition) is 2. The molecule has 4 saturated carbocycles. The Balaban J connectivity index is 1.78. The summed E-state index contributed by atoms with van der Waals surface area (Å²) in [4.78, 5) is 31.3. The molecular formula is C15H25O4P. The fourth-order valence-corrected chi connectivity index (χ4v) is 5.63. The highest BCUT2D eigenvalue weighted by atomic mass is 31.2. The summed E-state index contributed by atoms with van der Waals surface area (Å²) >= 11 is 0. The lowest BCUT2D eigenvalue weighted by molar-refractivity contribution is -0.129. The topological polar surface area (TPSA) is 74.6 Å². The first-order valence-electron chi connectivity index (χ1n) is 7.70. The van der Waals surface area contributed by atoms with Gasteiger partial charge in [0.05, 0.1) is 0 Å². The molecular weight excluding hydrogens is 275 g/mol. The van der Waals surface area contributed by atoms with Gasteiger partial charge in [-0.2, -0.15) is 0 Å². The van der Waals surface area contributed by atoms with Gasteiger partial charge in [0.2, 0.25) is 0 Å². The molecule has 0 aromatic heterocycles. The number of hydrogen-bond acceptors (Lipinski definition) is 2. The lowest BCUT2D eigenvalue weighted by atomic mass is 9.48. The van der Waals surface area contributed by atoms with Crippen LogP contribution in [-0.2, 0) is 9.36 Å². The number of rotatable bonds is 4.